The van der Waals surface area contributed by atoms with Crippen LogP contribution in [0.5, 0.6) is 0 Å². The number of carbonyl (C=O) groups is 1. The molecule has 3 fully saturated rings. The quantitative estimate of drug-likeness (QED) is 0.864. The monoisotopic (exact) mass is 338 g/mol. The number of nitrogens with zero attached hydrogens (tertiary/aromatic N) is 2. The van der Waals surface area contributed by atoms with Gasteiger partial charge in [0.25, 0.3) is 0 Å². The van der Waals surface area contributed by atoms with Gasteiger partial charge in [-0.25, -0.2) is 4.79 Å². The molecule has 25 heavy (non-hydrogen) atoms. The van der Waals surface area contributed by atoms with Gasteiger partial charge in [0.05, 0.1) is 0 Å². The lowest BCUT2D eigenvalue weighted by Crippen LogP contribution is -2.53. The van der Waals surface area contributed by atoms with Gasteiger partial charge in [0, 0.05) is 24.5 Å². The number of pyridine rings is 1. The van der Waals surface area contributed by atoms with Crippen molar-refractivity contribution in [2.75, 3.05) is 19.6 Å². The highest BCUT2D eigenvalue weighted by Gasteiger charge is 2.45. The average Bonchev–Trinajstić information content (AvgIpc) is 2.69. The fourth-order valence-corrected chi connectivity index (χ4v) is 3.93. The second kappa shape index (κ2) is 6.58. The van der Waals surface area contributed by atoms with Crippen LogP contribution in [0.25, 0.3) is 0 Å². The maximum Gasteiger partial charge on any atom is 0.348 e. The first-order chi connectivity index (χ1) is 12.2. The molecule has 3 aliphatic heterocycles. The van der Waals surface area contributed by atoms with Crippen LogP contribution in [0.1, 0.15) is 24.0 Å². The van der Waals surface area contributed by atoms with Crippen LogP contribution in [-0.2, 0) is 15.1 Å². The summed E-state index contributed by atoms with van der Waals surface area (Å²) in [5, 5.41) is 11.4. The van der Waals surface area contributed by atoms with Crippen molar-refractivity contribution in [2.45, 2.75) is 24.5 Å². The van der Waals surface area contributed by atoms with Crippen LogP contribution in [0.15, 0.2) is 54.9 Å². The van der Waals surface area contributed by atoms with Gasteiger partial charge < -0.3 is 9.84 Å². The van der Waals surface area contributed by atoms with E-state index in [1.807, 2.05) is 6.07 Å². The van der Waals surface area contributed by atoms with Crippen LogP contribution in [0.3, 0.4) is 0 Å². The normalized spacial score (nSPS) is 27.5. The van der Waals surface area contributed by atoms with E-state index < -0.39 is 11.6 Å². The molecule has 1 N–H and O–H groups in total. The molecule has 5 rings (SSSR count). The Morgan fingerprint density at radius 3 is 2.44 bits per heavy atom. The molecule has 1 aromatic carbocycles. The number of piperidine rings is 3. The topological polar surface area (TPSA) is 62.7 Å². The summed E-state index contributed by atoms with van der Waals surface area (Å²) in [4.78, 5) is 19.5. The third-order valence-corrected chi connectivity index (χ3v) is 5.42. The number of hydrogen-bond acceptors (Lipinski definition) is 5. The number of rotatable bonds is 4. The lowest BCUT2D eigenvalue weighted by Gasteiger charge is -2.44. The van der Waals surface area contributed by atoms with Gasteiger partial charge >= 0.3 is 5.97 Å². The first-order valence-corrected chi connectivity index (χ1v) is 8.80. The van der Waals surface area contributed by atoms with E-state index in [1.54, 1.807) is 42.6 Å². The number of benzene rings is 1. The van der Waals surface area contributed by atoms with Crippen molar-refractivity contribution in [3.63, 3.8) is 0 Å². The van der Waals surface area contributed by atoms with Crippen molar-refractivity contribution in [1.82, 2.24) is 9.88 Å². The van der Waals surface area contributed by atoms with Gasteiger partial charge in [0.1, 0.15) is 6.10 Å². The Morgan fingerprint density at radius 1 is 1.12 bits per heavy atom. The summed E-state index contributed by atoms with van der Waals surface area (Å²) in [6, 6.07) is 12.4. The zero-order chi connectivity index (χ0) is 17.3. The Labute approximate surface area is 147 Å². The number of ether oxygens (including phenoxy) is 1. The zero-order valence-electron chi connectivity index (χ0n) is 14.0. The second-order valence-electron chi connectivity index (χ2n) is 6.90. The van der Waals surface area contributed by atoms with Crippen molar-refractivity contribution < 1.29 is 14.6 Å². The lowest BCUT2D eigenvalue weighted by atomic mass is 9.84. The molecular weight excluding hydrogens is 316 g/mol. The third kappa shape index (κ3) is 2.94. The molecule has 1 aromatic heterocycles. The maximum atomic E-state index is 13.1. The van der Waals surface area contributed by atoms with E-state index >= 15 is 0 Å². The smallest absolute Gasteiger partial charge is 0.348 e. The molecule has 2 aromatic rings. The molecule has 3 aliphatic rings. The van der Waals surface area contributed by atoms with E-state index in [9.17, 15) is 9.90 Å². The van der Waals surface area contributed by atoms with Gasteiger partial charge in [-0.1, -0.05) is 36.4 Å². The average molecular weight is 338 g/mol. The van der Waals surface area contributed by atoms with Gasteiger partial charge in [-0.15, -0.1) is 0 Å². The van der Waals surface area contributed by atoms with E-state index in [0.29, 0.717) is 17.0 Å². The van der Waals surface area contributed by atoms with Gasteiger partial charge in [0.2, 0.25) is 5.60 Å². The summed E-state index contributed by atoms with van der Waals surface area (Å²) in [6.45, 7) is 2.91. The molecule has 5 nitrogen and oxygen atoms in total. The fourth-order valence-electron chi connectivity index (χ4n) is 3.93. The molecule has 2 atom stereocenters. The number of esters is 1. The minimum atomic E-state index is -1.85. The lowest BCUT2D eigenvalue weighted by molar-refractivity contribution is -0.177. The fraction of sp³-hybridized carbons (Fsp3) is 0.400. The highest BCUT2D eigenvalue weighted by atomic mass is 16.6. The van der Waals surface area contributed by atoms with Gasteiger partial charge in [-0.3, -0.25) is 9.88 Å². The number of carbonyl (C=O) groups excluding carboxylic acids is 1. The molecule has 0 amide bonds. The number of aromatic nitrogens is 1. The molecule has 5 heteroatoms. The number of hydrogen-bond donors (Lipinski definition) is 1. The summed E-state index contributed by atoms with van der Waals surface area (Å²) < 4.78 is 5.84. The van der Waals surface area contributed by atoms with Crippen molar-refractivity contribution in [2.24, 2.45) is 5.92 Å². The van der Waals surface area contributed by atoms with E-state index in [0.717, 1.165) is 32.5 Å². The SMILES string of the molecule is O=C(OC1CN2CCC1CC2)C(O)(c1ccccc1)c1cccnc1. The highest BCUT2D eigenvalue weighted by Crippen LogP contribution is 2.34. The minimum absolute atomic E-state index is 0.151. The van der Waals surface area contributed by atoms with Crippen LogP contribution >= 0.6 is 0 Å². The zero-order valence-corrected chi connectivity index (χ0v) is 14.0. The number of fused-ring (bicyclic) bond motifs is 3. The van der Waals surface area contributed by atoms with E-state index in [4.69, 9.17) is 4.74 Å². The van der Waals surface area contributed by atoms with E-state index in [2.05, 4.69) is 9.88 Å². The van der Waals surface area contributed by atoms with Gasteiger partial charge in [-0.2, -0.15) is 0 Å². The van der Waals surface area contributed by atoms with Crippen molar-refractivity contribution in [3.8, 4) is 0 Å². The number of aliphatic hydroxyl groups is 1. The van der Waals surface area contributed by atoms with Crippen molar-refractivity contribution in [3.05, 3.63) is 66.0 Å². The van der Waals surface area contributed by atoms with Crippen LogP contribution < -0.4 is 0 Å². The largest absolute Gasteiger partial charge is 0.458 e. The molecule has 4 heterocycles. The molecule has 0 saturated carbocycles. The van der Waals surface area contributed by atoms with Crippen molar-refractivity contribution >= 4 is 5.97 Å². The highest BCUT2D eigenvalue weighted by molar-refractivity contribution is 5.85. The first-order valence-electron chi connectivity index (χ1n) is 8.80. The van der Waals surface area contributed by atoms with E-state index in [-0.39, 0.29) is 6.10 Å². The van der Waals surface area contributed by atoms with Crippen molar-refractivity contribution in [1.29, 1.82) is 0 Å². The first kappa shape index (κ1) is 16.2. The van der Waals surface area contributed by atoms with Gasteiger partial charge in [-0.05, 0) is 43.5 Å². The molecule has 0 radical (unpaired) electrons. The standard InChI is InChI=1S/C20H22N2O3/c23-19(25-18-14-22-11-8-15(18)9-12-22)20(24,16-5-2-1-3-6-16)17-7-4-10-21-13-17/h1-7,10,13,15,18,24H,8-9,11-12,14H2. The summed E-state index contributed by atoms with van der Waals surface area (Å²) in [5.41, 5.74) is -0.927. The molecule has 0 aliphatic carbocycles. The van der Waals surface area contributed by atoms with Crippen LogP contribution in [0.4, 0.5) is 0 Å². The molecule has 2 bridgehead atoms. The predicted octanol–water partition coefficient (Wildman–Crippen LogP) is 1.95. The molecule has 130 valence electrons. The Bertz CT molecular complexity index is 688. The molecule has 0 spiro atoms. The molecule has 3 saturated heterocycles. The summed E-state index contributed by atoms with van der Waals surface area (Å²) in [5.74, 6) is -0.228. The second-order valence-corrected chi connectivity index (χ2v) is 6.90. The Balaban J connectivity index is 1.65. The third-order valence-electron chi connectivity index (χ3n) is 5.42. The van der Waals surface area contributed by atoms with Crippen LogP contribution in [0.2, 0.25) is 0 Å². The summed E-state index contributed by atoms with van der Waals surface area (Å²) in [7, 11) is 0. The maximum absolute atomic E-state index is 13.1. The minimum Gasteiger partial charge on any atom is -0.458 e. The predicted molar refractivity (Wildman–Crippen MR) is 92.7 cm³/mol. The molecule has 2 unspecified atom stereocenters. The Morgan fingerprint density at radius 2 is 1.84 bits per heavy atom. The van der Waals surface area contributed by atoms with E-state index in [1.165, 1.54) is 6.20 Å². The van der Waals surface area contributed by atoms with Crippen LogP contribution in [-0.4, -0.2) is 46.7 Å². The Kier molecular flexibility index (Phi) is 4.27. The summed E-state index contributed by atoms with van der Waals surface area (Å²) >= 11 is 0. The van der Waals surface area contributed by atoms with Gasteiger partial charge in [0.15, 0.2) is 0 Å². The molecular formula is C20H22N2O3. The van der Waals surface area contributed by atoms with Crippen LogP contribution in [0, 0.1) is 5.92 Å². The Hall–Kier alpha value is -2.24. The summed E-state index contributed by atoms with van der Waals surface area (Å²) in [6.07, 6.45) is 5.09.